The van der Waals surface area contributed by atoms with E-state index in [1.54, 1.807) is 0 Å². The van der Waals surface area contributed by atoms with Crippen LogP contribution in [0.1, 0.15) is 60.3 Å². The fourth-order valence-corrected chi connectivity index (χ4v) is 5.78. The quantitative estimate of drug-likeness (QED) is 0.362. The third-order valence-corrected chi connectivity index (χ3v) is 8.44. The lowest BCUT2D eigenvalue weighted by molar-refractivity contribution is -0.141. The number of aromatic nitrogens is 1. The summed E-state index contributed by atoms with van der Waals surface area (Å²) in [4.78, 5) is 41.9. The number of anilines is 2. The first kappa shape index (κ1) is 34.2. The summed E-state index contributed by atoms with van der Waals surface area (Å²) < 4.78 is 86.8. The Bertz CT molecular complexity index is 1660. The molecule has 0 radical (unpaired) electrons. The van der Waals surface area contributed by atoms with E-state index in [1.807, 2.05) is 5.32 Å². The Morgan fingerprint density at radius 3 is 2.43 bits per heavy atom. The maximum Gasteiger partial charge on any atom is 0.434 e. The van der Waals surface area contributed by atoms with Gasteiger partial charge in [-0.2, -0.15) is 22.8 Å². The van der Waals surface area contributed by atoms with Crippen molar-refractivity contribution in [1.82, 2.24) is 10.3 Å². The van der Waals surface area contributed by atoms with Gasteiger partial charge < -0.3 is 20.6 Å². The fourth-order valence-electron chi connectivity index (χ4n) is 4.46. The largest absolute Gasteiger partial charge is 0.465 e. The van der Waals surface area contributed by atoms with Crippen molar-refractivity contribution in [3.05, 3.63) is 46.6 Å². The number of carbonyl (C=O) groups is 3. The lowest BCUT2D eigenvalue weighted by atomic mass is 10.00. The van der Waals surface area contributed by atoms with Crippen molar-refractivity contribution in [3.63, 3.8) is 0 Å². The molecule has 0 saturated carbocycles. The van der Waals surface area contributed by atoms with Crippen LogP contribution in [0, 0.1) is 18.3 Å². The Morgan fingerprint density at radius 1 is 1.18 bits per heavy atom. The molecule has 1 unspecified atom stereocenters. The van der Waals surface area contributed by atoms with E-state index in [9.17, 15) is 45.8 Å². The number of hydrogen-bond acceptors (Lipinski definition) is 7. The molecular formula is C27H29F5N6O5S. The average Bonchev–Trinajstić information content (AvgIpc) is 3.06. The number of alkyl halides is 5. The third kappa shape index (κ3) is 7.78. The van der Waals surface area contributed by atoms with Crippen molar-refractivity contribution in [2.24, 2.45) is 4.36 Å². The van der Waals surface area contributed by atoms with E-state index in [0.29, 0.717) is 0 Å². The highest BCUT2D eigenvalue weighted by Crippen LogP contribution is 2.38. The van der Waals surface area contributed by atoms with Gasteiger partial charge in [-0.25, -0.2) is 22.8 Å². The van der Waals surface area contributed by atoms with E-state index in [4.69, 9.17) is 5.11 Å². The molecule has 0 aliphatic carbocycles. The Labute approximate surface area is 249 Å². The van der Waals surface area contributed by atoms with Crippen LogP contribution in [0.25, 0.3) is 0 Å². The van der Waals surface area contributed by atoms with Crippen molar-refractivity contribution in [1.29, 1.82) is 5.26 Å². The zero-order valence-corrected chi connectivity index (χ0v) is 24.8. The van der Waals surface area contributed by atoms with Crippen LogP contribution in [0.5, 0.6) is 0 Å². The van der Waals surface area contributed by atoms with Gasteiger partial charge in [0.2, 0.25) is 5.92 Å². The topological polar surface area (TPSA) is 165 Å². The second-order valence-corrected chi connectivity index (χ2v) is 13.0. The first-order valence-electron chi connectivity index (χ1n) is 13.0. The number of nitrogens with one attached hydrogen (secondary N) is 2. The summed E-state index contributed by atoms with van der Waals surface area (Å²) in [6.45, 7) is 3.03. The van der Waals surface area contributed by atoms with Crippen LogP contribution in [0.3, 0.4) is 0 Å². The minimum Gasteiger partial charge on any atom is -0.465 e. The Balaban J connectivity index is 2.08. The van der Waals surface area contributed by atoms with Gasteiger partial charge in [0.05, 0.1) is 20.9 Å². The van der Waals surface area contributed by atoms with Crippen molar-refractivity contribution < 1.29 is 45.7 Å². The molecule has 11 nitrogen and oxygen atoms in total. The molecule has 0 spiro atoms. The van der Waals surface area contributed by atoms with Gasteiger partial charge in [-0.05, 0) is 51.0 Å². The Kier molecular flexibility index (Phi) is 9.59. The van der Waals surface area contributed by atoms with Gasteiger partial charge in [0, 0.05) is 42.8 Å². The molecule has 1 fully saturated rings. The maximum atomic E-state index is 14.1. The van der Waals surface area contributed by atoms with Gasteiger partial charge in [0.25, 0.3) is 11.8 Å². The zero-order chi connectivity index (χ0) is 33.3. The van der Waals surface area contributed by atoms with Crippen LogP contribution in [0.2, 0.25) is 0 Å². The van der Waals surface area contributed by atoms with Crippen LogP contribution in [0.4, 0.5) is 38.3 Å². The molecule has 1 aliphatic heterocycles. The summed E-state index contributed by atoms with van der Waals surface area (Å²) in [6, 6.07) is 6.65. The lowest BCUT2D eigenvalue weighted by Crippen LogP contribution is -2.48. The number of rotatable bonds is 6. The number of amides is 3. The summed E-state index contributed by atoms with van der Waals surface area (Å²) in [5.41, 5.74) is -5.02. The van der Waals surface area contributed by atoms with Gasteiger partial charge in [0.1, 0.15) is 17.4 Å². The number of nitriles is 1. The molecule has 0 bridgehead atoms. The molecule has 1 aliphatic rings. The molecule has 2 heterocycles. The zero-order valence-electron chi connectivity index (χ0n) is 24.0. The van der Waals surface area contributed by atoms with E-state index in [0.717, 1.165) is 18.1 Å². The van der Waals surface area contributed by atoms with E-state index < -0.39 is 87.3 Å². The number of halogens is 5. The fraction of sp³-hybridized carbons (Fsp3) is 0.444. The highest BCUT2D eigenvalue weighted by atomic mass is 32.2. The van der Waals surface area contributed by atoms with Crippen molar-refractivity contribution in [2.45, 2.75) is 62.6 Å². The molecule has 238 valence electrons. The molecule has 3 N–H and O–H groups in total. The molecular weight excluding hydrogens is 615 g/mol. The molecule has 1 atom stereocenters. The second kappa shape index (κ2) is 12.3. The number of carbonyl (C=O) groups excluding carboxylic acids is 2. The number of carboxylic acid groups (broad SMARTS) is 1. The van der Waals surface area contributed by atoms with E-state index in [1.165, 1.54) is 44.2 Å². The molecule has 3 rings (SSSR count). The summed E-state index contributed by atoms with van der Waals surface area (Å²) >= 11 is 0. The first-order valence-corrected chi connectivity index (χ1v) is 14.9. The van der Waals surface area contributed by atoms with Crippen LogP contribution < -0.4 is 15.5 Å². The van der Waals surface area contributed by atoms with Crippen LogP contribution in [-0.4, -0.2) is 63.0 Å². The second-order valence-electron chi connectivity index (χ2n) is 10.7. The molecule has 44 heavy (non-hydrogen) atoms. The standard InChI is InChI=1S/C27H29F5N6O5S/c1-15-18(14-33)20(27(30,31)32)35-21(38-11-6-9-26(28,29)10-12-38)19(15)22(39)34-16-7-5-8-17(13-16)44(4,43)37-23(40)25(2,3)36-24(41)42/h5,7-8,13,36H,6,9-12H2,1-4H3,(H,34,39)(H,41,42). The number of pyridine rings is 1. The minimum absolute atomic E-state index is 0.0289. The lowest BCUT2D eigenvalue weighted by Gasteiger charge is -2.27. The van der Waals surface area contributed by atoms with E-state index >= 15 is 0 Å². The van der Waals surface area contributed by atoms with Crippen molar-refractivity contribution in [3.8, 4) is 6.07 Å². The van der Waals surface area contributed by atoms with Crippen molar-refractivity contribution >= 4 is 39.1 Å². The van der Waals surface area contributed by atoms with Gasteiger partial charge in [-0.15, -0.1) is 0 Å². The average molecular weight is 645 g/mol. The molecule has 1 saturated heterocycles. The van der Waals surface area contributed by atoms with Crippen molar-refractivity contribution in [2.75, 3.05) is 29.6 Å². The highest BCUT2D eigenvalue weighted by molar-refractivity contribution is 7.93. The first-order chi connectivity index (χ1) is 20.2. The SMILES string of the molecule is Cc1c(C#N)c(C(F)(F)F)nc(N2CCCC(F)(F)CC2)c1C(=O)Nc1cccc(S(C)(=O)=NC(=O)C(C)(C)NC(=O)O)c1. The third-order valence-electron chi connectivity index (χ3n) is 6.79. The van der Waals surface area contributed by atoms with Crippen LogP contribution in [0.15, 0.2) is 33.5 Å². The summed E-state index contributed by atoms with van der Waals surface area (Å²) in [5, 5.41) is 22.9. The van der Waals surface area contributed by atoms with Gasteiger partial charge in [-0.1, -0.05) is 6.07 Å². The van der Waals surface area contributed by atoms with Gasteiger partial charge in [0.15, 0.2) is 5.69 Å². The minimum atomic E-state index is -5.08. The normalized spacial score (nSPS) is 16.6. The predicted molar refractivity (Wildman–Crippen MR) is 149 cm³/mol. The smallest absolute Gasteiger partial charge is 0.434 e. The summed E-state index contributed by atoms with van der Waals surface area (Å²) in [7, 11) is -3.50. The Morgan fingerprint density at radius 2 is 1.84 bits per heavy atom. The monoisotopic (exact) mass is 644 g/mol. The van der Waals surface area contributed by atoms with Crippen LogP contribution in [-0.2, 0) is 20.7 Å². The molecule has 17 heteroatoms. The number of hydrogen-bond donors (Lipinski definition) is 3. The molecule has 2 aromatic rings. The number of benzene rings is 1. The predicted octanol–water partition coefficient (Wildman–Crippen LogP) is 5.19. The highest BCUT2D eigenvalue weighted by Gasteiger charge is 2.40. The molecule has 1 aromatic heterocycles. The summed E-state index contributed by atoms with van der Waals surface area (Å²) in [6.07, 6.45) is -6.77. The number of nitrogens with zero attached hydrogens (tertiary/aromatic N) is 4. The van der Waals surface area contributed by atoms with Gasteiger partial charge in [-0.3, -0.25) is 9.59 Å². The van der Waals surface area contributed by atoms with Gasteiger partial charge >= 0.3 is 12.3 Å². The van der Waals surface area contributed by atoms with E-state index in [2.05, 4.69) is 14.7 Å². The van der Waals surface area contributed by atoms with Crippen LogP contribution >= 0.6 is 0 Å². The molecule has 3 amide bonds. The maximum absolute atomic E-state index is 14.1. The Hall–Kier alpha value is -4.33. The molecule has 1 aromatic carbocycles. The summed E-state index contributed by atoms with van der Waals surface area (Å²) in [5.74, 6) is -5.64. The van der Waals surface area contributed by atoms with E-state index in [-0.39, 0.29) is 29.1 Å².